The van der Waals surface area contributed by atoms with Crippen molar-refractivity contribution in [2.75, 3.05) is 74.5 Å². The molecular formula is C57H81N11O6. The van der Waals surface area contributed by atoms with Gasteiger partial charge in [-0.25, -0.2) is 9.78 Å². The Bertz CT molecular complexity index is 2440. The van der Waals surface area contributed by atoms with E-state index in [4.69, 9.17) is 9.72 Å². The van der Waals surface area contributed by atoms with Gasteiger partial charge in [-0.15, -0.1) is 0 Å². The van der Waals surface area contributed by atoms with Crippen LogP contribution in [0, 0.1) is 42.4 Å². The van der Waals surface area contributed by atoms with Crippen molar-refractivity contribution in [2.45, 2.75) is 147 Å². The lowest BCUT2D eigenvalue weighted by molar-refractivity contribution is -0.143. The number of fused-ring (bicyclic) bond motifs is 2. The van der Waals surface area contributed by atoms with Crippen molar-refractivity contribution >= 4 is 52.7 Å². The van der Waals surface area contributed by atoms with Crippen LogP contribution in [-0.4, -0.2) is 135 Å². The van der Waals surface area contributed by atoms with E-state index in [1.54, 1.807) is 24.7 Å². The van der Waals surface area contributed by atoms with E-state index >= 15 is 0 Å². The third kappa shape index (κ3) is 12.4. The van der Waals surface area contributed by atoms with Crippen LogP contribution in [0.4, 0.5) is 23.1 Å². The van der Waals surface area contributed by atoms with Crippen molar-refractivity contribution in [3.63, 3.8) is 0 Å². The number of anilines is 4. The molecule has 0 radical (unpaired) electrons. The molecule has 2 bridgehead atoms. The molecule has 2 aromatic heterocycles. The Labute approximate surface area is 437 Å². The average molecular weight is 1020 g/mol. The largest absolute Gasteiger partial charge is 0.462 e. The second kappa shape index (κ2) is 23.5. The molecule has 17 heteroatoms. The van der Waals surface area contributed by atoms with Gasteiger partial charge in [0.05, 0.1) is 30.1 Å². The second-order valence-electron chi connectivity index (χ2n) is 23.2. The molecule has 10 rings (SSSR count). The summed E-state index contributed by atoms with van der Waals surface area (Å²) in [5.41, 5.74) is 3.93. The van der Waals surface area contributed by atoms with Crippen molar-refractivity contribution in [3.8, 4) is 0 Å². The number of aromatic nitrogens is 4. The van der Waals surface area contributed by atoms with Gasteiger partial charge in [0, 0.05) is 102 Å². The number of nitrogens with zero attached hydrogens (tertiary/aromatic N) is 8. The van der Waals surface area contributed by atoms with Crippen LogP contribution in [0.1, 0.15) is 150 Å². The Balaban J connectivity index is 0.597. The minimum absolute atomic E-state index is 0.0245. The van der Waals surface area contributed by atoms with Crippen molar-refractivity contribution < 1.29 is 28.7 Å². The van der Waals surface area contributed by atoms with Gasteiger partial charge in [0.15, 0.2) is 0 Å². The van der Waals surface area contributed by atoms with Crippen LogP contribution >= 0.6 is 0 Å². The predicted octanol–water partition coefficient (Wildman–Crippen LogP) is 7.59. The van der Waals surface area contributed by atoms with Crippen LogP contribution in [0.25, 0.3) is 0 Å². The Kier molecular flexibility index (Phi) is 16.5. The first kappa shape index (κ1) is 51.9. The van der Waals surface area contributed by atoms with E-state index in [-0.39, 0.29) is 48.1 Å². The topological polar surface area (TPSA) is 187 Å². The fourth-order valence-corrected chi connectivity index (χ4v) is 14.2. The lowest BCUT2D eigenvalue weighted by atomic mass is 9.70. The zero-order valence-electron chi connectivity index (χ0n) is 44.3. The Morgan fingerprint density at radius 1 is 0.757 bits per heavy atom. The summed E-state index contributed by atoms with van der Waals surface area (Å²) in [5, 5.41) is 13.5. The first-order valence-electron chi connectivity index (χ1n) is 28.5. The molecule has 4 aliphatic heterocycles. The zero-order chi connectivity index (χ0) is 51.3. The highest BCUT2D eigenvalue weighted by atomic mass is 16.5. The number of piperazine rings is 1. The summed E-state index contributed by atoms with van der Waals surface area (Å²) in [6.45, 7) is 11.1. The number of piperidine rings is 3. The number of amides is 4. The summed E-state index contributed by atoms with van der Waals surface area (Å²) in [6, 6.07) is 9.15. The molecule has 3 unspecified atom stereocenters. The number of nitrogens with one attached hydrogen (secondary N) is 3. The molecule has 17 nitrogen and oxygen atoms in total. The van der Waals surface area contributed by atoms with Crippen LogP contribution in [-0.2, 0) is 31.0 Å². The number of carbonyl (C=O) groups is 5. The van der Waals surface area contributed by atoms with E-state index in [2.05, 4.69) is 69.9 Å². The van der Waals surface area contributed by atoms with Crippen molar-refractivity contribution in [3.05, 3.63) is 53.5 Å². The van der Waals surface area contributed by atoms with Crippen LogP contribution < -0.4 is 20.9 Å². The average Bonchev–Trinajstić information content (AvgIpc) is 3.82. The highest BCUT2D eigenvalue weighted by Crippen LogP contribution is 2.42. The molecule has 3 atom stereocenters. The number of carbonyl (C=O) groups excluding carboxylic acids is 5. The highest BCUT2D eigenvalue weighted by Gasteiger charge is 2.39. The summed E-state index contributed by atoms with van der Waals surface area (Å²) < 4.78 is 7.10. The number of likely N-dealkylation sites (tertiary alicyclic amines) is 1. The van der Waals surface area contributed by atoms with Gasteiger partial charge in [0.1, 0.15) is 11.4 Å². The predicted molar refractivity (Wildman–Crippen MR) is 284 cm³/mol. The van der Waals surface area contributed by atoms with Gasteiger partial charge >= 0.3 is 5.97 Å². The minimum Gasteiger partial charge on any atom is -0.462 e. The number of hydrogen-bond acceptors (Lipinski definition) is 13. The molecule has 1 aromatic carbocycles. The maximum Gasteiger partial charge on any atom is 0.343 e. The van der Waals surface area contributed by atoms with Gasteiger partial charge in [-0.2, -0.15) is 10.1 Å². The smallest absolute Gasteiger partial charge is 0.343 e. The van der Waals surface area contributed by atoms with Gasteiger partial charge in [0.2, 0.25) is 29.6 Å². The van der Waals surface area contributed by atoms with E-state index in [9.17, 15) is 24.0 Å². The van der Waals surface area contributed by atoms with Gasteiger partial charge < -0.3 is 30.1 Å². The molecule has 3 saturated carbocycles. The fraction of sp³-hybridized carbons (Fsp3) is 0.684. The number of esters is 1. The first-order valence-corrected chi connectivity index (χ1v) is 28.5. The van der Waals surface area contributed by atoms with E-state index in [0.717, 1.165) is 146 Å². The van der Waals surface area contributed by atoms with E-state index in [0.29, 0.717) is 53.7 Å². The number of benzene rings is 1. The van der Waals surface area contributed by atoms with Crippen LogP contribution in [0.3, 0.4) is 0 Å². The molecule has 74 heavy (non-hydrogen) atoms. The summed E-state index contributed by atoms with van der Waals surface area (Å²) >= 11 is 0. The molecule has 0 spiro atoms. The molecule has 3 aromatic rings. The van der Waals surface area contributed by atoms with Crippen LogP contribution in [0.2, 0.25) is 0 Å². The Morgan fingerprint density at radius 3 is 2.03 bits per heavy atom. The maximum absolute atomic E-state index is 13.8. The molecule has 4 saturated heterocycles. The van der Waals surface area contributed by atoms with Crippen LogP contribution in [0.5, 0.6) is 0 Å². The van der Waals surface area contributed by atoms with E-state index in [1.165, 1.54) is 44.2 Å². The number of hydrogen-bond donors (Lipinski definition) is 3. The fourth-order valence-electron chi connectivity index (χ4n) is 14.2. The van der Waals surface area contributed by atoms with Gasteiger partial charge in [-0.1, -0.05) is 31.4 Å². The molecule has 6 heterocycles. The lowest BCUT2D eigenvalue weighted by Gasteiger charge is -2.45. The van der Waals surface area contributed by atoms with Gasteiger partial charge in [-0.3, -0.25) is 34.1 Å². The summed E-state index contributed by atoms with van der Waals surface area (Å²) in [6.07, 6.45) is 21.9. The molecule has 7 fully saturated rings. The number of rotatable bonds is 15. The summed E-state index contributed by atoms with van der Waals surface area (Å²) in [5.74, 6) is 3.58. The maximum atomic E-state index is 13.8. The second-order valence-corrected chi connectivity index (χ2v) is 23.2. The van der Waals surface area contributed by atoms with Crippen molar-refractivity contribution in [1.82, 2.24) is 39.8 Å². The van der Waals surface area contributed by atoms with E-state index in [1.807, 2.05) is 13.2 Å². The Hall–Kier alpha value is -5.58. The van der Waals surface area contributed by atoms with Crippen LogP contribution in [0.15, 0.2) is 36.7 Å². The van der Waals surface area contributed by atoms with Gasteiger partial charge in [-0.05, 0) is 145 Å². The quantitative estimate of drug-likeness (QED) is 0.1000. The zero-order valence-corrected chi connectivity index (χ0v) is 44.3. The number of ether oxygens (including phenoxy) is 1. The number of imide groups is 1. The molecule has 3 aliphatic carbocycles. The van der Waals surface area contributed by atoms with E-state index < -0.39 is 5.97 Å². The SMILES string of the molecule is CCOC(=O)c1c(C)nc(Nc2cnn(C)c2)nc1NC1CCC(N2CCN(C(=O)C3CCC(C(=O)N4CCC(CCCC5CC6CC(C5)CN(c5ccc(C7CCC(=O)NC7=O)cc5)C6)CC4)CC3)CC2)CC1. The molecule has 3 N–H and O–H groups in total. The van der Waals surface area contributed by atoms with Crippen molar-refractivity contribution in [2.24, 2.45) is 42.6 Å². The minimum atomic E-state index is -0.431. The third-order valence-corrected chi connectivity index (χ3v) is 18.1. The highest BCUT2D eigenvalue weighted by molar-refractivity contribution is 6.01. The molecular weight excluding hydrogens is 935 g/mol. The van der Waals surface area contributed by atoms with Gasteiger partial charge in [0.25, 0.3) is 0 Å². The summed E-state index contributed by atoms with van der Waals surface area (Å²) in [7, 11) is 1.85. The Morgan fingerprint density at radius 2 is 1.41 bits per heavy atom. The third-order valence-electron chi connectivity index (χ3n) is 18.1. The molecule has 7 aliphatic rings. The summed E-state index contributed by atoms with van der Waals surface area (Å²) in [4.78, 5) is 83.4. The molecule has 400 valence electrons. The standard InChI is InChI=1S/C57H81N11O6/c1-4-74-56(73)51-37(2)59-57(61-46-33-58-64(3)36-46)63-52(51)60-45-14-18-47(19-15-45)65-26-28-67(29-27-65)55(72)44-10-8-43(9-11-44)54(71)66-24-22-38(23-25-66)6-5-7-39-30-40-32-41(31-39)35-68(34-40)48-16-12-42(13-17-48)49-20-21-50(69)62-53(49)70/h12-13,16-17,33,36,38-41,43-45,47,49H,4-11,14-15,18-32,34-35H2,1-3H3,(H,62,69,70)(H2,59,60,61,63). The molecule has 4 amide bonds. The number of aryl methyl sites for hydroxylation is 2. The first-order chi connectivity index (χ1) is 35.9. The normalized spacial score (nSPS) is 28.1. The van der Waals surface area contributed by atoms with Crippen molar-refractivity contribution in [1.29, 1.82) is 0 Å². The monoisotopic (exact) mass is 1020 g/mol. The lowest BCUT2D eigenvalue weighted by Crippen LogP contribution is -2.54.